The molecule has 2 rings (SSSR count). The molecule has 4 heteroatoms. The van der Waals surface area contributed by atoms with Gasteiger partial charge in [-0.25, -0.2) is 0 Å². The van der Waals surface area contributed by atoms with Crippen LogP contribution in [0, 0.1) is 0 Å². The van der Waals surface area contributed by atoms with Crippen LogP contribution in [0.3, 0.4) is 0 Å². The molecule has 1 heterocycles. The monoisotopic (exact) mass is 219 g/mol. The van der Waals surface area contributed by atoms with Crippen molar-refractivity contribution in [2.24, 2.45) is 4.99 Å². The normalized spacial score (nSPS) is 14.9. The molecule has 86 valence electrons. The van der Waals surface area contributed by atoms with Crippen LogP contribution in [0.4, 0.5) is 0 Å². The van der Waals surface area contributed by atoms with Gasteiger partial charge in [-0.05, 0) is 17.7 Å². The highest BCUT2D eigenvalue weighted by atomic mass is 16.5. The summed E-state index contributed by atoms with van der Waals surface area (Å²) in [7, 11) is 3.73. The number of nitrogens with zero attached hydrogens (tertiary/aromatic N) is 2. The Morgan fingerprint density at radius 3 is 3.06 bits per heavy atom. The van der Waals surface area contributed by atoms with Crippen molar-refractivity contribution >= 4 is 5.96 Å². The van der Waals surface area contributed by atoms with Gasteiger partial charge in [0.2, 0.25) is 0 Å². The maximum absolute atomic E-state index is 5.18. The van der Waals surface area contributed by atoms with Crippen molar-refractivity contribution in [2.45, 2.75) is 6.54 Å². The third kappa shape index (κ3) is 2.45. The van der Waals surface area contributed by atoms with Crippen molar-refractivity contribution in [3.63, 3.8) is 0 Å². The number of methoxy groups -OCH3 is 1. The molecule has 4 nitrogen and oxygen atoms in total. The Kier molecular flexibility index (Phi) is 3.29. The van der Waals surface area contributed by atoms with Gasteiger partial charge in [0.15, 0.2) is 5.96 Å². The quantitative estimate of drug-likeness (QED) is 0.826. The summed E-state index contributed by atoms with van der Waals surface area (Å²) >= 11 is 0. The molecule has 0 aromatic heterocycles. The summed E-state index contributed by atoms with van der Waals surface area (Å²) in [5.41, 5.74) is 1.20. The van der Waals surface area contributed by atoms with E-state index < -0.39 is 0 Å². The Balaban J connectivity index is 1.94. The molecule has 0 aliphatic carbocycles. The van der Waals surface area contributed by atoms with E-state index in [0.29, 0.717) is 0 Å². The molecule has 1 aliphatic heterocycles. The lowest BCUT2D eigenvalue weighted by Crippen LogP contribution is -2.35. The molecule has 0 radical (unpaired) electrons. The number of nitrogens with one attached hydrogen (secondary N) is 1. The van der Waals surface area contributed by atoms with E-state index in [4.69, 9.17) is 4.74 Å². The highest BCUT2D eigenvalue weighted by Crippen LogP contribution is 2.12. The average molecular weight is 219 g/mol. The molecule has 0 spiro atoms. The van der Waals surface area contributed by atoms with E-state index >= 15 is 0 Å². The molecule has 0 bridgehead atoms. The number of hydrogen-bond acceptors (Lipinski definition) is 4. The van der Waals surface area contributed by atoms with Crippen LogP contribution in [0.5, 0.6) is 5.75 Å². The maximum Gasteiger partial charge on any atom is 0.194 e. The molecule has 1 N–H and O–H groups in total. The number of hydrogen-bond donors (Lipinski definition) is 1. The minimum Gasteiger partial charge on any atom is -0.497 e. The van der Waals surface area contributed by atoms with E-state index in [9.17, 15) is 0 Å². The fourth-order valence-corrected chi connectivity index (χ4v) is 1.69. The number of rotatable bonds is 3. The summed E-state index contributed by atoms with van der Waals surface area (Å²) < 4.78 is 5.18. The van der Waals surface area contributed by atoms with E-state index in [-0.39, 0.29) is 0 Å². The van der Waals surface area contributed by atoms with Crippen LogP contribution < -0.4 is 10.1 Å². The molecule has 0 saturated heterocycles. The first-order chi connectivity index (χ1) is 7.79. The van der Waals surface area contributed by atoms with Crippen molar-refractivity contribution in [1.29, 1.82) is 0 Å². The zero-order valence-electron chi connectivity index (χ0n) is 9.73. The van der Waals surface area contributed by atoms with Crippen LogP contribution in [-0.4, -0.2) is 38.1 Å². The molecule has 16 heavy (non-hydrogen) atoms. The summed E-state index contributed by atoms with van der Waals surface area (Å²) in [6, 6.07) is 8.05. The molecule has 0 saturated carbocycles. The number of benzene rings is 1. The zero-order chi connectivity index (χ0) is 11.4. The summed E-state index contributed by atoms with van der Waals surface area (Å²) in [6.45, 7) is 2.66. The summed E-state index contributed by atoms with van der Waals surface area (Å²) in [5, 5.41) is 3.32. The van der Waals surface area contributed by atoms with Gasteiger partial charge in [0.05, 0.1) is 13.7 Å². The zero-order valence-corrected chi connectivity index (χ0v) is 9.73. The third-order valence-electron chi connectivity index (χ3n) is 2.64. The fraction of sp³-hybridized carbons (Fsp3) is 0.417. The van der Waals surface area contributed by atoms with E-state index in [2.05, 4.69) is 21.3 Å². The molecular formula is C12H17N3O. The van der Waals surface area contributed by atoms with Crippen LogP contribution >= 0.6 is 0 Å². The van der Waals surface area contributed by atoms with Crippen LogP contribution in [0.2, 0.25) is 0 Å². The number of guanidine groups is 1. The lowest BCUT2D eigenvalue weighted by molar-refractivity contribution is 0.414. The molecule has 0 fully saturated rings. The van der Waals surface area contributed by atoms with Crippen molar-refractivity contribution in [2.75, 3.05) is 27.2 Å². The molecule has 1 aromatic carbocycles. The molecule has 1 aromatic rings. The summed E-state index contributed by atoms with van der Waals surface area (Å²) in [6.07, 6.45) is 0. The molecule has 0 atom stereocenters. The Labute approximate surface area is 95.9 Å². The van der Waals surface area contributed by atoms with E-state index in [1.807, 2.05) is 25.2 Å². The summed E-state index contributed by atoms with van der Waals surface area (Å²) in [4.78, 5) is 6.50. The topological polar surface area (TPSA) is 36.9 Å². The van der Waals surface area contributed by atoms with Gasteiger partial charge in [0, 0.05) is 20.1 Å². The van der Waals surface area contributed by atoms with Gasteiger partial charge < -0.3 is 15.0 Å². The first-order valence-corrected chi connectivity index (χ1v) is 5.42. The SMILES string of the molecule is COc1cccc(CNC2=NCCN2C)c1. The van der Waals surface area contributed by atoms with Crippen molar-refractivity contribution in [3.05, 3.63) is 29.8 Å². The average Bonchev–Trinajstić information content (AvgIpc) is 2.72. The van der Waals surface area contributed by atoms with Gasteiger partial charge in [0.25, 0.3) is 0 Å². The van der Waals surface area contributed by atoms with E-state index in [0.717, 1.165) is 31.3 Å². The highest BCUT2D eigenvalue weighted by molar-refractivity contribution is 5.81. The second-order valence-corrected chi connectivity index (χ2v) is 3.83. The first-order valence-electron chi connectivity index (χ1n) is 5.42. The molecule has 1 aliphatic rings. The number of likely N-dealkylation sites (N-methyl/N-ethyl adjacent to an activating group) is 1. The Bertz CT molecular complexity index is 390. The molecule has 0 amide bonds. The minimum absolute atomic E-state index is 0.778. The molecule has 0 unspecified atom stereocenters. The summed E-state index contributed by atoms with van der Waals surface area (Å²) in [5.74, 6) is 1.86. The van der Waals surface area contributed by atoms with Crippen LogP contribution in [0.1, 0.15) is 5.56 Å². The van der Waals surface area contributed by atoms with Crippen LogP contribution in [0.25, 0.3) is 0 Å². The number of ether oxygens (including phenoxy) is 1. The van der Waals surface area contributed by atoms with Crippen LogP contribution in [0.15, 0.2) is 29.3 Å². The highest BCUT2D eigenvalue weighted by Gasteiger charge is 2.11. The van der Waals surface area contributed by atoms with Gasteiger partial charge >= 0.3 is 0 Å². The third-order valence-corrected chi connectivity index (χ3v) is 2.64. The minimum atomic E-state index is 0.778. The van der Waals surface area contributed by atoms with Gasteiger partial charge in [-0.2, -0.15) is 0 Å². The second kappa shape index (κ2) is 4.88. The Morgan fingerprint density at radius 2 is 2.38 bits per heavy atom. The largest absolute Gasteiger partial charge is 0.497 e. The van der Waals surface area contributed by atoms with Crippen LogP contribution in [-0.2, 0) is 6.54 Å². The van der Waals surface area contributed by atoms with Crippen molar-refractivity contribution in [3.8, 4) is 5.75 Å². The molecular weight excluding hydrogens is 202 g/mol. The van der Waals surface area contributed by atoms with Gasteiger partial charge in [-0.15, -0.1) is 0 Å². The van der Waals surface area contributed by atoms with E-state index in [1.54, 1.807) is 7.11 Å². The Morgan fingerprint density at radius 1 is 1.50 bits per heavy atom. The second-order valence-electron chi connectivity index (χ2n) is 3.83. The van der Waals surface area contributed by atoms with Crippen molar-refractivity contribution < 1.29 is 4.74 Å². The predicted molar refractivity (Wildman–Crippen MR) is 64.8 cm³/mol. The first kappa shape index (κ1) is 10.8. The van der Waals surface area contributed by atoms with Gasteiger partial charge in [0.1, 0.15) is 5.75 Å². The lowest BCUT2D eigenvalue weighted by Gasteiger charge is -2.15. The van der Waals surface area contributed by atoms with Gasteiger partial charge in [-0.3, -0.25) is 4.99 Å². The standard InChI is InChI=1S/C12H17N3O/c1-15-7-6-13-12(15)14-9-10-4-3-5-11(8-10)16-2/h3-5,8H,6-7,9H2,1-2H3,(H,13,14). The Hall–Kier alpha value is -1.71. The lowest BCUT2D eigenvalue weighted by atomic mass is 10.2. The fourth-order valence-electron chi connectivity index (χ4n) is 1.69. The van der Waals surface area contributed by atoms with Gasteiger partial charge in [-0.1, -0.05) is 12.1 Å². The predicted octanol–water partition coefficient (Wildman–Crippen LogP) is 1.09. The smallest absolute Gasteiger partial charge is 0.194 e. The number of aliphatic imine (C=N–C) groups is 1. The van der Waals surface area contributed by atoms with E-state index in [1.165, 1.54) is 5.56 Å². The van der Waals surface area contributed by atoms with Crippen molar-refractivity contribution in [1.82, 2.24) is 10.2 Å². The maximum atomic E-state index is 5.18.